The van der Waals surface area contributed by atoms with Gasteiger partial charge in [0.2, 0.25) is 0 Å². The number of hydrogen-bond acceptors (Lipinski definition) is 4. The van der Waals surface area contributed by atoms with Gasteiger partial charge in [-0.3, -0.25) is 0 Å². The van der Waals surface area contributed by atoms with Crippen molar-refractivity contribution < 1.29 is 30.0 Å². The third-order valence-corrected chi connectivity index (χ3v) is 4.47. The van der Waals surface area contributed by atoms with Crippen LogP contribution in [0.15, 0.2) is 0 Å². The molecule has 162 valence electrons. The zero-order chi connectivity index (χ0) is 20.9. The van der Waals surface area contributed by atoms with Crippen molar-refractivity contribution in [2.45, 2.75) is 122 Å². The van der Waals surface area contributed by atoms with Crippen LogP contribution in [0.4, 0.5) is 0 Å². The summed E-state index contributed by atoms with van der Waals surface area (Å²) < 4.78 is 0. The number of aliphatic hydroxyl groups excluding tert-OH is 2. The molecule has 0 aromatic rings. The molecule has 0 rings (SSSR count). The van der Waals surface area contributed by atoms with Gasteiger partial charge in [-0.15, -0.1) is 0 Å². The van der Waals surface area contributed by atoms with Gasteiger partial charge in [0.15, 0.2) is 6.10 Å². The van der Waals surface area contributed by atoms with Crippen LogP contribution in [0.1, 0.15) is 110 Å². The predicted octanol–water partition coefficient (Wildman–Crippen LogP) is 4.76. The first kappa shape index (κ1) is 28.1. The number of hydrogen-bond donors (Lipinski definition) is 4. The van der Waals surface area contributed by atoms with Crippen molar-refractivity contribution in [2.75, 3.05) is 0 Å². The average molecular weight is 391 g/mol. The fourth-order valence-corrected chi connectivity index (χ4v) is 2.66. The molecule has 2 unspecified atom stereocenters. The van der Waals surface area contributed by atoms with E-state index in [2.05, 4.69) is 6.92 Å². The van der Waals surface area contributed by atoms with Gasteiger partial charge in [-0.05, 0) is 13.3 Å². The highest BCUT2D eigenvalue weighted by atomic mass is 16.4. The Morgan fingerprint density at radius 3 is 1.19 bits per heavy atom. The molecule has 0 radical (unpaired) electrons. The van der Waals surface area contributed by atoms with E-state index >= 15 is 0 Å². The SMILES string of the molecule is CC(O)C(=O)O.CCCCCCCCCCCCCCCCC(O)C(=O)O. The number of aliphatic carboxylic acids is 2. The fraction of sp³-hybridized carbons (Fsp3) is 0.905. The van der Waals surface area contributed by atoms with Crippen LogP contribution >= 0.6 is 0 Å². The summed E-state index contributed by atoms with van der Waals surface area (Å²) in [5.41, 5.74) is 0. The molecule has 0 amide bonds. The Morgan fingerprint density at radius 1 is 0.630 bits per heavy atom. The Labute approximate surface area is 165 Å². The van der Waals surface area contributed by atoms with Crippen LogP contribution in [-0.2, 0) is 9.59 Å². The third-order valence-electron chi connectivity index (χ3n) is 4.47. The fourth-order valence-electron chi connectivity index (χ4n) is 2.66. The molecule has 0 aromatic heterocycles. The third kappa shape index (κ3) is 24.9. The van der Waals surface area contributed by atoms with Gasteiger partial charge in [0.1, 0.15) is 6.10 Å². The minimum Gasteiger partial charge on any atom is -0.479 e. The lowest BCUT2D eigenvalue weighted by atomic mass is 10.0. The Balaban J connectivity index is 0. The first-order valence-electron chi connectivity index (χ1n) is 10.6. The van der Waals surface area contributed by atoms with Gasteiger partial charge in [0.25, 0.3) is 0 Å². The quantitative estimate of drug-likeness (QED) is 0.266. The number of carboxylic acid groups (broad SMARTS) is 2. The molecule has 0 saturated carbocycles. The molecule has 0 fully saturated rings. The molecule has 0 spiro atoms. The molecule has 27 heavy (non-hydrogen) atoms. The van der Waals surface area contributed by atoms with Crippen LogP contribution in [0.2, 0.25) is 0 Å². The van der Waals surface area contributed by atoms with Crippen molar-refractivity contribution in [3.63, 3.8) is 0 Å². The summed E-state index contributed by atoms with van der Waals surface area (Å²) in [5, 5.41) is 33.4. The molecule has 2 atom stereocenters. The smallest absolute Gasteiger partial charge is 0.332 e. The molecule has 0 aliphatic carbocycles. The number of carbonyl (C=O) groups is 2. The van der Waals surface area contributed by atoms with E-state index in [9.17, 15) is 9.59 Å². The van der Waals surface area contributed by atoms with Crippen LogP contribution in [0.3, 0.4) is 0 Å². The van der Waals surface area contributed by atoms with Gasteiger partial charge < -0.3 is 20.4 Å². The van der Waals surface area contributed by atoms with Gasteiger partial charge in [-0.2, -0.15) is 0 Å². The topological polar surface area (TPSA) is 115 Å². The summed E-state index contributed by atoms with van der Waals surface area (Å²) >= 11 is 0. The van der Waals surface area contributed by atoms with E-state index < -0.39 is 24.1 Å². The largest absolute Gasteiger partial charge is 0.479 e. The van der Waals surface area contributed by atoms with Crippen molar-refractivity contribution in [3.05, 3.63) is 0 Å². The van der Waals surface area contributed by atoms with Crippen molar-refractivity contribution in [2.24, 2.45) is 0 Å². The van der Waals surface area contributed by atoms with E-state index in [0.29, 0.717) is 6.42 Å². The molecule has 6 heteroatoms. The molecular weight excluding hydrogens is 348 g/mol. The highest BCUT2D eigenvalue weighted by molar-refractivity contribution is 5.71. The van der Waals surface area contributed by atoms with E-state index in [1.54, 1.807) is 0 Å². The highest BCUT2D eigenvalue weighted by Gasteiger charge is 2.11. The number of rotatable bonds is 17. The number of carboxylic acids is 2. The lowest BCUT2D eigenvalue weighted by Gasteiger charge is -2.05. The lowest BCUT2D eigenvalue weighted by Crippen LogP contribution is -2.18. The molecule has 0 aliphatic rings. The van der Waals surface area contributed by atoms with Crippen LogP contribution in [0.5, 0.6) is 0 Å². The Kier molecular flexibility index (Phi) is 22.0. The second kappa shape index (κ2) is 21.2. The maximum atomic E-state index is 10.4. The minimum absolute atomic E-state index is 0.396. The Hall–Kier alpha value is -1.14. The summed E-state index contributed by atoms with van der Waals surface area (Å²) in [6.45, 7) is 3.45. The normalized spacial score (nSPS) is 12.7. The lowest BCUT2D eigenvalue weighted by molar-refractivity contribution is -0.147. The van der Waals surface area contributed by atoms with Gasteiger partial charge >= 0.3 is 11.9 Å². The first-order valence-corrected chi connectivity index (χ1v) is 10.6. The van der Waals surface area contributed by atoms with Crippen molar-refractivity contribution in [1.29, 1.82) is 0 Å². The molecule has 0 saturated heterocycles. The van der Waals surface area contributed by atoms with Crippen molar-refractivity contribution >= 4 is 11.9 Å². The molecule has 6 nitrogen and oxygen atoms in total. The standard InChI is InChI=1S/C18H36O3.C3H6O3/c1-2-3-4-5-6-7-8-9-10-11-12-13-14-15-16-17(19)18(20)21;1-2(4)3(5)6/h17,19H,2-16H2,1H3,(H,20,21);2,4H,1H3,(H,5,6). The first-order chi connectivity index (χ1) is 12.8. The summed E-state index contributed by atoms with van der Waals surface area (Å²) in [5.74, 6) is -2.28. The summed E-state index contributed by atoms with van der Waals surface area (Å²) in [4.78, 5) is 19.9. The van der Waals surface area contributed by atoms with E-state index in [4.69, 9.17) is 20.4 Å². The molecular formula is C21H42O6. The van der Waals surface area contributed by atoms with E-state index in [1.165, 1.54) is 84.0 Å². The van der Waals surface area contributed by atoms with Crippen LogP contribution in [0.25, 0.3) is 0 Å². The Morgan fingerprint density at radius 2 is 0.926 bits per heavy atom. The van der Waals surface area contributed by atoms with Crippen LogP contribution in [-0.4, -0.2) is 44.6 Å². The average Bonchev–Trinajstić information content (AvgIpc) is 2.62. The number of aliphatic hydroxyl groups is 2. The monoisotopic (exact) mass is 390 g/mol. The van der Waals surface area contributed by atoms with Gasteiger partial charge in [-0.25, -0.2) is 9.59 Å². The molecule has 0 aliphatic heterocycles. The Bertz CT molecular complexity index is 344. The van der Waals surface area contributed by atoms with E-state index in [1.807, 2.05) is 0 Å². The second-order valence-corrected chi connectivity index (χ2v) is 7.25. The van der Waals surface area contributed by atoms with Crippen LogP contribution < -0.4 is 0 Å². The maximum Gasteiger partial charge on any atom is 0.332 e. The summed E-state index contributed by atoms with van der Waals surface area (Å²) in [6.07, 6.45) is 16.0. The number of unbranched alkanes of at least 4 members (excludes halogenated alkanes) is 13. The second-order valence-electron chi connectivity index (χ2n) is 7.25. The maximum absolute atomic E-state index is 10.4. The predicted molar refractivity (Wildman–Crippen MR) is 108 cm³/mol. The molecule has 0 aromatic carbocycles. The molecule has 0 heterocycles. The van der Waals surface area contributed by atoms with E-state index in [0.717, 1.165) is 12.8 Å². The minimum atomic E-state index is -1.23. The van der Waals surface area contributed by atoms with Crippen molar-refractivity contribution in [1.82, 2.24) is 0 Å². The van der Waals surface area contributed by atoms with Crippen LogP contribution in [0, 0.1) is 0 Å². The van der Waals surface area contributed by atoms with Crippen molar-refractivity contribution in [3.8, 4) is 0 Å². The zero-order valence-corrected chi connectivity index (χ0v) is 17.4. The molecule has 4 N–H and O–H groups in total. The zero-order valence-electron chi connectivity index (χ0n) is 17.4. The van der Waals surface area contributed by atoms with Gasteiger partial charge in [0, 0.05) is 0 Å². The summed E-state index contributed by atoms with van der Waals surface area (Å²) in [7, 11) is 0. The molecule has 0 bridgehead atoms. The summed E-state index contributed by atoms with van der Waals surface area (Å²) in [6, 6.07) is 0. The van der Waals surface area contributed by atoms with E-state index in [-0.39, 0.29) is 0 Å². The van der Waals surface area contributed by atoms with Gasteiger partial charge in [-0.1, -0.05) is 96.8 Å². The highest BCUT2D eigenvalue weighted by Crippen LogP contribution is 2.13. The van der Waals surface area contributed by atoms with Gasteiger partial charge in [0.05, 0.1) is 0 Å².